The van der Waals surface area contributed by atoms with Crippen molar-refractivity contribution in [2.45, 2.75) is 27.2 Å². The lowest BCUT2D eigenvalue weighted by Gasteiger charge is -2.10. The largest absolute Gasteiger partial charge is 0.462 e. The highest BCUT2D eigenvalue weighted by atomic mass is 32.2. The van der Waals surface area contributed by atoms with Crippen LogP contribution in [0.5, 0.6) is 0 Å². The molecule has 1 heterocycles. The zero-order valence-electron chi connectivity index (χ0n) is 13.8. The average molecular weight is 342 g/mol. The van der Waals surface area contributed by atoms with Crippen LogP contribution >= 0.6 is 11.8 Å². The summed E-state index contributed by atoms with van der Waals surface area (Å²) < 4.78 is 11.3. The maximum absolute atomic E-state index is 12.1. The Labute approximate surface area is 139 Å². The number of carbonyl (C=O) groups is 3. The minimum atomic E-state index is -0.593. The van der Waals surface area contributed by atoms with Crippen molar-refractivity contribution in [1.82, 2.24) is 4.57 Å². The molecule has 1 N–H and O–H groups in total. The molecule has 0 fully saturated rings. The summed E-state index contributed by atoms with van der Waals surface area (Å²) in [6, 6.07) is 0. The first-order valence-corrected chi connectivity index (χ1v) is 8.70. The summed E-state index contributed by atoms with van der Waals surface area (Å²) in [5.74, 6) is -0.203. The van der Waals surface area contributed by atoms with E-state index in [4.69, 9.17) is 9.47 Å². The molecule has 0 atom stereocenters. The SMILES string of the molecule is CCOC(=O)c1cn(C(=O)OCC)c(CCSC)c1NC(C)=O. The van der Waals surface area contributed by atoms with Crippen LogP contribution in [0.15, 0.2) is 6.20 Å². The summed E-state index contributed by atoms with van der Waals surface area (Å²) in [5, 5.41) is 2.63. The third kappa shape index (κ3) is 5.02. The minimum absolute atomic E-state index is 0.145. The van der Waals surface area contributed by atoms with Crippen LogP contribution in [0.2, 0.25) is 0 Å². The first-order valence-electron chi connectivity index (χ1n) is 7.31. The summed E-state index contributed by atoms with van der Waals surface area (Å²) in [4.78, 5) is 35.7. The van der Waals surface area contributed by atoms with Crippen molar-refractivity contribution in [1.29, 1.82) is 0 Å². The van der Waals surface area contributed by atoms with Crippen LogP contribution in [-0.2, 0) is 20.7 Å². The number of nitrogens with zero attached hydrogens (tertiary/aromatic N) is 1. The number of amides is 1. The minimum Gasteiger partial charge on any atom is -0.462 e. The predicted molar refractivity (Wildman–Crippen MR) is 89.2 cm³/mol. The van der Waals surface area contributed by atoms with Crippen LogP contribution in [-0.4, -0.2) is 47.8 Å². The molecule has 1 amide bonds. The van der Waals surface area contributed by atoms with Crippen molar-refractivity contribution in [3.8, 4) is 0 Å². The summed E-state index contributed by atoms with van der Waals surface area (Å²) in [7, 11) is 0. The van der Waals surface area contributed by atoms with Gasteiger partial charge in [-0.3, -0.25) is 9.36 Å². The lowest BCUT2D eigenvalue weighted by atomic mass is 10.2. The van der Waals surface area contributed by atoms with Gasteiger partial charge in [-0.25, -0.2) is 9.59 Å². The Hall–Kier alpha value is -1.96. The van der Waals surface area contributed by atoms with Crippen molar-refractivity contribution in [3.63, 3.8) is 0 Å². The lowest BCUT2D eigenvalue weighted by Crippen LogP contribution is -2.17. The van der Waals surface area contributed by atoms with Gasteiger partial charge in [-0.15, -0.1) is 0 Å². The van der Waals surface area contributed by atoms with Gasteiger partial charge < -0.3 is 14.8 Å². The van der Waals surface area contributed by atoms with Gasteiger partial charge in [-0.2, -0.15) is 11.8 Å². The van der Waals surface area contributed by atoms with Gasteiger partial charge in [-0.1, -0.05) is 0 Å². The third-order valence-electron chi connectivity index (χ3n) is 2.91. The molecule has 0 unspecified atom stereocenters. The van der Waals surface area contributed by atoms with Crippen LogP contribution in [0.3, 0.4) is 0 Å². The van der Waals surface area contributed by atoms with E-state index < -0.39 is 12.1 Å². The standard InChI is InChI=1S/C15H22N2O5S/c1-5-21-14(19)11-9-17(15(20)22-6-2)12(7-8-23-4)13(11)16-10(3)18/h9H,5-8H2,1-4H3,(H,16,18). The van der Waals surface area contributed by atoms with E-state index in [-0.39, 0.29) is 24.7 Å². The number of carbonyl (C=O) groups excluding carboxylic acids is 3. The van der Waals surface area contributed by atoms with Crippen LogP contribution in [0.4, 0.5) is 10.5 Å². The zero-order chi connectivity index (χ0) is 17.4. The fraction of sp³-hybridized carbons (Fsp3) is 0.533. The molecule has 128 valence electrons. The van der Waals surface area contributed by atoms with Gasteiger partial charge in [0.2, 0.25) is 5.91 Å². The summed E-state index contributed by atoms with van der Waals surface area (Å²) >= 11 is 1.59. The first kappa shape index (κ1) is 19.1. The van der Waals surface area contributed by atoms with Gasteiger partial charge in [-0.05, 0) is 32.3 Å². The lowest BCUT2D eigenvalue weighted by molar-refractivity contribution is -0.114. The van der Waals surface area contributed by atoms with Gasteiger partial charge in [0.05, 0.1) is 24.6 Å². The van der Waals surface area contributed by atoms with Crippen molar-refractivity contribution < 1.29 is 23.9 Å². The fourth-order valence-corrected chi connectivity index (χ4v) is 2.42. The molecule has 1 aromatic rings. The molecule has 1 rings (SSSR count). The summed E-state index contributed by atoms with van der Waals surface area (Å²) in [6.45, 7) is 5.14. The van der Waals surface area contributed by atoms with Crippen molar-refractivity contribution in [2.24, 2.45) is 0 Å². The second-order valence-electron chi connectivity index (χ2n) is 4.58. The third-order valence-corrected chi connectivity index (χ3v) is 3.52. The van der Waals surface area contributed by atoms with E-state index in [0.29, 0.717) is 17.8 Å². The Bertz CT molecular complexity index is 583. The molecule has 8 heteroatoms. The molecule has 1 aromatic heterocycles. The zero-order valence-corrected chi connectivity index (χ0v) is 14.6. The number of ether oxygens (including phenoxy) is 2. The van der Waals surface area contributed by atoms with E-state index in [0.717, 1.165) is 5.75 Å². The summed E-state index contributed by atoms with van der Waals surface area (Å²) in [5.41, 5.74) is 0.973. The second-order valence-corrected chi connectivity index (χ2v) is 5.56. The van der Waals surface area contributed by atoms with Crippen molar-refractivity contribution in [3.05, 3.63) is 17.5 Å². The smallest absolute Gasteiger partial charge is 0.418 e. The highest BCUT2D eigenvalue weighted by Gasteiger charge is 2.25. The molecule has 0 aliphatic rings. The molecule has 7 nitrogen and oxygen atoms in total. The Kier molecular flexibility index (Phi) is 7.67. The second kappa shape index (κ2) is 9.24. The van der Waals surface area contributed by atoms with E-state index in [1.165, 1.54) is 17.7 Å². The molecule has 0 aliphatic heterocycles. The molecule has 0 saturated carbocycles. The van der Waals surface area contributed by atoms with Gasteiger partial charge in [0.25, 0.3) is 0 Å². The normalized spacial score (nSPS) is 10.3. The monoisotopic (exact) mass is 342 g/mol. The predicted octanol–water partition coefficient (Wildman–Crippen LogP) is 2.53. The van der Waals surface area contributed by atoms with Crippen molar-refractivity contribution in [2.75, 3.05) is 30.5 Å². The highest BCUT2D eigenvalue weighted by Crippen LogP contribution is 2.26. The molecule has 0 radical (unpaired) electrons. The number of anilines is 1. The molecule has 0 saturated heterocycles. The first-order chi connectivity index (χ1) is 11.0. The van der Waals surface area contributed by atoms with Gasteiger partial charge in [0.1, 0.15) is 5.56 Å². The van der Waals surface area contributed by atoms with Gasteiger partial charge in [0.15, 0.2) is 0 Å². The van der Waals surface area contributed by atoms with Crippen LogP contribution in [0.1, 0.15) is 36.8 Å². The van der Waals surface area contributed by atoms with E-state index in [1.54, 1.807) is 25.6 Å². The fourth-order valence-electron chi connectivity index (χ4n) is 2.03. The Morgan fingerprint density at radius 1 is 1.22 bits per heavy atom. The van der Waals surface area contributed by atoms with E-state index in [2.05, 4.69) is 5.32 Å². The molecule has 0 aliphatic carbocycles. The maximum atomic E-state index is 12.1. The number of thioether (sulfide) groups is 1. The summed E-state index contributed by atoms with van der Waals surface area (Å²) in [6.07, 6.45) is 3.19. The maximum Gasteiger partial charge on any atom is 0.418 e. The topological polar surface area (TPSA) is 86.6 Å². The number of esters is 1. The van der Waals surface area contributed by atoms with Crippen molar-refractivity contribution >= 4 is 35.4 Å². The van der Waals surface area contributed by atoms with E-state index >= 15 is 0 Å². The number of hydrogen-bond acceptors (Lipinski definition) is 6. The molecule has 0 bridgehead atoms. The quantitative estimate of drug-likeness (QED) is 0.766. The number of hydrogen-bond donors (Lipinski definition) is 1. The molecular formula is C15H22N2O5S. The average Bonchev–Trinajstić information content (AvgIpc) is 2.83. The Morgan fingerprint density at radius 2 is 1.87 bits per heavy atom. The molecule has 0 spiro atoms. The van der Waals surface area contributed by atoms with Gasteiger partial charge >= 0.3 is 12.1 Å². The van der Waals surface area contributed by atoms with Gasteiger partial charge in [0, 0.05) is 13.1 Å². The molecule has 23 heavy (non-hydrogen) atoms. The van der Waals surface area contributed by atoms with Crippen LogP contribution in [0.25, 0.3) is 0 Å². The van der Waals surface area contributed by atoms with Crippen LogP contribution in [0, 0.1) is 0 Å². The molecular weight excluding hydrogens is 320 g/mol. The Balaban J connectivity index is 3.39. The van der Waals surface area contributed by atoms with E-state index in [9.17, 15) is 14.4 Å². The van der Waals surface area contributed by atoms with E-state index in [1.807, 2.05) is 6.26 Å². The van der Waals surface area contributed by atoms with Crippen LogP contribution < -0.4 is 5.32 Å². The molecule has 0 aromatic carbocycles. The Morgan fingerprint density at radius 3 is 2.39 bits per heavy atom. The number of nitrogens with one attached hydrogen (secondary N) is 1. The number of rotatable bonds is 7. The number of aromatic nitrogens is 1. The highest BCUT2D eigenvalue weighted by molar-refractivity contribution is 7.98.